The summed E-state index contributed by atoms with van der Waals surface area (Å²) in [7, 11) is 1.68. The van der Waals surface area contributed by atoms with Crippen LogP contribution in [0.25, 0.3) is 0 Å². The average Bonchev–Trinajstić information content (AvgIpc) is 2.60. The molecule has 24 heavy (non-hydrogen) atoms. The molecule has 2 fully saturated rings. The molecule has 0 saturated carbocycles. The standard InChI is InChI=1S/C19H25N3O2/c1-19(11-16(20)21(2)17(23)12-19)15-9-6-10-22(13-15)18(24)14-7-4-3-5-8-14/h3-5,7-8,15,20H,6,9-13H2,1-2H3/t15?,19-/m0/s1. The first-order chi connectivity index (χ1) is 11.4. The second-order valence-electron chi connectivity index (χ2n) is 7.36. The summed E-state index contributed by atoms with van der Waals surface area (Å²) in [5, 5.41) is 8.09. The molecule has 2 saturated heterocycles. The fourth-order valence-corrected chi connectivity index (χ4v) is 3.96. The van der Waals surface area contributed by atoms with Crippen LogP contribution >= 0.6 is 0 Å². The fourth-order valence-electron chi connectivity index (χ4n) is 3.96. The molecule has 128 valence electrons. The molecule has 1 N–H and O–H groups in total. The lowest BCUT2D eigenvalue weighted by molar-refractivity contribution is -0.131. The lowest BCUT2D eigenvalue weighted by atomic mass is 9.67. The first kappa shape index (κ1) is 16.7. The molecule has 2 atom stereocenters. The van der Waals surface area contributed by atoms with E-state index in [1.54, 1.807) is 7.05 Å². The average molecular weight is 327 g/mol. The summed E-state index contributed by atoms with van der Waals surface area (Å²) in [4.78, 5) is 28.3. The zero-order valence-electron chi connectivity index (χ0n) is 14.4. The first-order valence-corrected chi connectivity index (χ1v) is 8.59. The molecule has 0 spiro atoms. The number of hydrogen-bond donors (Lipinski definition) is 1. The van der Waals surface area contributed by atoms with Gasteiger partial charge in [-0.2, -0.15) is 0 Å². The normalized spacial score (nSPS) is 28.2. The molecule has 0 radical (unpaired) electrons. The minimum absolute atomic E-state index is 0.0141. The van der Waals surface area contributed by atoms with Crippen LogP contribution in [0, 0.1) is 16.7 Å². The molecule has 2 amide bonds. The van der Waals surface area contributed by atoms with Crippen molar-refractivity contribution in [3.8, 4) is 0 Å². The van der Waals surface area contributed by atoms with Crippen LogP contribution in [0.4, 0.5) is 0 Å². The van der Waals surface area contributed by atoms with E-state index in [9.17, 15) is 9.59 Å². The minimum Gasteiger partial charge on any atom is -0.338 e. The second-order valence-corrected chi connectivity index (χ2v) is 7.36. The van der Waals surface area contributed by atoms with Gasteiger partial charge in [-0.05, 0) is 36.3 Å². The van der Waals surface area contributed by atoms with Crippen LogP contribution in [0.2, 0.25) is 0 Å². The monoisotopic (exact) mass is 327 g/mol. The zero-order chi connectivity index (χ0) is 17.3. The van der Waals surface area contributed by atoms with Crippen molar-refractivity contribution in [3.63, 3.8) is 0 Å². The van der Waals surface area contributed by atoms with E-state index < -0.39 is 0 Å². The van der Waals surface area contributed by atoms with E-state index in [2.05, 4.69) is 6.92 Å². The number of piperidine rings is 2. The van der Waals surface area contributed by atoms with Crippen molar-refractivity contribution >= 4 is 17.6 Å². The van der Waals surface area contributed by atoms with Gasteiger partial charge in [-0.15, -0.1) is 0 Å². The van der Waals surface area contributed by atoms with Crippen LogP contribution in [0.5, 0.6) is 0 Å². The molecule has 2 aliphatic heterocycles. The van der Waals surface area contributed by atoms with Gasteiger partial charge in [0, 0.05) is 38.5 Å². The third kappa shape index (κ3) is 3.07. The van der Waals surface area contributed by atoms with Gasteiger partial charge in [0.05, 0.1) is 0 Å². The molecule has 2 heterocycles. The lowest BCUT2D eigenvalue weighted by Gasteiger charge is -2.46. The molecule has 1 unspecified atom stereocenters. The number of hydrogen-bond acceptors (Lipinski definition) is 3. The predicted molar refractivity (Wildman–Crippen MR) is 92.9 cm³/mol. The summed E-state index contributed by atoms with van der Waals surface area (Å²) in [6, 6.07) is 9.37. The molecule has 2 aliphatic rings. The number of amides is 2. The van der Waals surface area contributed by atoms with E-state index in [-0.39, 0.29) is 23.1 Å². The molecular formula is C19H25N3O2. The summed E-state index contributed by atoms with van der Waals surface area (Å²) in [5.41, 5.74) is 0.492. The van der Waals surface area contributed by atoms with Crippen molar-refractivity contribution in [2.24, 2.45) is 11.3 Å². The third-order valence-corrected chi connectivity index (χ3v) is 5.62. The highest BCUT2D eigenvalue weighted by Crippen LogP contribution is 2.43. The van der Waals surface area contributed by atoms with Crippen LogP contribution < -0.4 is 0 Å². The van der Waals surface area contributed by atoms with E-state index in [0.717, 1.165) is 24.9 Å². The Morgan fingerprint density at radius 3 is 2.62 bits per heavy atom. The van der Waals surface area contributed by atoms with Gasteiger partial charge in [0.2, 0.25) is 5.91 Å². The van der Waals surface area contributed by atoms with Crippen LogP contribution in [-0.4, -0.2) is 47.6 Å². The number of nitrogens with one attached hydrogen (secondary N) is 1. The quantitative estimate of drug-likeness (QED) is 0.908. The maximum absolute atomic E-state index is 12.7. The lowest BCUT2D eigenvalue weighted by Crippen LogP contribution is -2.51. The van der Waals surface area contributed by atoms with Crippen LogP contribution in [0.3, 0.4) is 0 Å². The van der Waals surface area contributed by atoms with Gasteiger partial charge in [-0.25, -0.2) is 0 Å². The Morgan fingerprint density at radius 1 is 1.25 bits per heavy atom. The molecule has 3 rings (SSSR count). The van der Waals surface area contributed by atoms with Crippen LogP contribution in [-0.2, 0) is 4.79 Å². The second kappa shape index (κ2) is 6.38. The number of nitrogens with zero attached hydrogens (tertiary/aromatic N) is 2. The molecule has 5 nitrogen and oxygen atoms in total. The van der Waals surface area contributed by atoms with Crippen molar-refractivity contribution < 1.29 is 9.59 Å². The van der Waals surface area contributed by atoms with Gasteiger partial charge in [-0.3, -0.25) is 15.0 Å². The van der Waals surface area contributed by atoms with Gasteiger partial charge in [0.25, 0.3) is 5.91 Å². The first-order valence-electron chi connectivity index (χ1n) is 8.59. The van der Waals surface area contributed by atoms with Gasteiger partial charge in [0.15, 0.2) is 0 Å². The van der Waals surface area contributed by atoms with Gasteiger partial charge in [0.1, 0.15) is 5.84 Å². The van der Waals surface area contributed by atoms with E-state index in [0.29, 0.717) is 25.2 Å². The summed E-state index contributed by atoms with van der Waals surface area (Å²) in [6.07, 6.45) is 3.03. The molecule has 1 aromatic carbocycles. The number of rotatable bonds is 2. The largest absolute Gasteiger partial charge is 0.338 e. The van der Waals surface area contributed by atoms with Gasteiger partial charge in [-0.1, -0.05) is 25.1 Å². The Labute approximate surface area is 143 Å². The minimum atomic E-state index is -0.226. The number of benzene rings is 1. The molecule has 1 aromatic rings. The highest BCUT2D eigenvalue weighted by molar-refractivity contribution is 5.99. The Balaban J connectivity index is 1.75. The zero-order valence-corrected chi connectivity index (χ0v) is 14.4. The summed E-state index contributed by atoms with van der Waals surface area (Å²) >= 11 is 0. The number of likely N-dealkylation sites (tertiary alicyclic amines) is 2. The Morgan fingerprint density at radius 2 is 1.96 bits per heavy atom. The smallest absolute Gasteiger partial charge is 0.253 e. The Hall–Kier alpha value is -2.17. The Bertz CT molecular complexity index is 638. The van der Waals surface area contributed by atoms with E-state index in [1.165, 1.54) is 4.90 Å². The maximum atomic E-state index is 12.7. The van der Waals surface area contributed by atoms with Crippen LogP contribution in [0.15, 0.2) is 30.3 Å². The molecule has 0 aromatic heterocycles. The SMILES string of the molecule is CN1C(=N)C[C@](C)(C2CCCN(C(=O)c3ccccc3)C2)CC1=O. The highest BCUT2D eigenvalue weighted by Gasteiger charge is 2.44. The van der Waals surface area contributed by atoms with Crippen molar-refractivity contribution in [2.45, 2.75) is 32.6 Å². The molecule has 5 heteroatoms. The molecule has 0 aliphatic carbocycles. The third-order valence-electron chi connectivity index (χ3n) is 5.62. The summed E-state index contributed by atoms with van der Waals surface area (Å²) < 4.78 is 0. The fraction of sp³-hybridized carbons (Fsp3) is 0.526. The van der Waals surface area contributed by atoms with Crippen molar-refractivity contribution in [1.82, 2.24) is 9.80 Å². The van der Waals surface area contributed by atoms with E-state index in [4.69, 9.17) is 5.41 Å². The number of amidine groups is 1. The van der Waals surface area contributed by atoms with Crippen LogP contribution in [0.1, 0.15) is 43.0 Å². The number of carbonyl (C=O) groups is 2. The van der Waals surface area contributed by atoms with Crippen molar-refractivity contribution in [1.29, 1.82) is 5.41 Å². The summed E-state index contributed by atoms with van der Waals surface area (Å²) in [5.74, 6) is 0.732. The highest BCUT2D eigenvalue weighted by atomic mass is 16.2. The van der Waals surface area contributed by atoms with E-state index in [1.807, 2.05) is 35.2 Å². The maximum Gasteiger partial charge on any atom is 0.253 e. The van der Waals surface area contributed by atoms with E-state index >= 15 is 0 Å². The molecular weight excluding hydrogens is 302 g/mol. The van der Waals surface area contributed by atoms with Crippen molar-refractivity contribution in [2.75, 3.05) is 20.1 Å². The molecule has 0 bridgehead atoms. The van der Waals surface area contributed by atoms with Crippen molar-refractivity contribution in [3.05, 3.63) is 35.9 Å². The number of carbonyl (C=O) groups excluding carboxylic acids is 2. The predicted octanol–water partition coefficient (Wildman–Crippen LogP) is 2.77. The summed E-state index contributed by atoms with van der Waals surface area (Å²) in [6.45, 7) is 3.55. The van der Waals surface area contributed by atoms with Gasteiger partial charge < -0.3 is 9.80 Å². The topological polar surface area (TPSA) is 64.5 Å². The Kier molecular flexibility index (Phi) is 4.43. The van der Waals surface area contributed by atoms with Gasteiger partial charge >= 0.3 is 0 Å².